The topological polar surface area (TPSA) is 42.1 Å². The summed E-state index contributed by atoms with van der Waals surface area (Å²) in [6, 6.07) is 0. The molecule has 3 nitrogen and oxygen atoms in total. The largest absolute Gasteiger partial charge is 0.299 e. The molecule has 3 heteroatoms. The fourth-order valence-corrected chi connectivity index (χ4v) is 0.434. The molecule has 0 aromatic rings. The third kappa shape index (κ3) is 1.11. The molecular formula is C6H10O3. The number of ketones is 1. The van der Waals surface area contributed by atoms with Gasteiger partial charge in [-0.05, 0) is 20.8 Å². The predicted octanol–water partition coefficient (Wildman–Crippen LogP) is 0.889. The highest BCUT2D eigenvalue weighted by Gasteiger charge is 2.46. The lowest BCUT2D eigenvalue weighted by atomic mass is 9.89. The van der Waals surface area contributed by atoms with E-state index in [0.29, 0.717) is 0 Å². The van der Waals surface area contributed by atoms with Crippen molar-refractivity contribution in [2.75, 3.05) is 0 Å². The third-order valence-electron chi connectivity index (χ3n) is 1.69. The molecule has 0 aromatic carbocycles. The Balaban J connectivity index is 2.59. The molecule has 1 aliphatic rings. The van der Waals surface area contributed by atoms with Crippen LogP contribution >= 0.6 is 0 Å². The molecule has 0 unspecified atom stereocenters. The minimum absolute atomic E-state index is 0.0880. The molecule has 1 saturated heterocycles. The number of hydrogen-bond donors (Lipinski definition) is 0. The molecule has 9 heavy (non-hydrogen) atoms. The Hall–Kier alpha value is -0.410. The van der Waals surface area contributed by atoms with Crippen LogP contribution in [0.2, 0.25) is 0 Å². The fraction of sp³-hybridized carbons (Fsp3) is 0.833. The van der Waals surface area contributed by atoms with Crippen molar-refractivity contribution < 1.29 is 14.6 Å². The summed E-state index contributed by atoms with van der Waals surface area (Å²) in [6.45, 7) is 5.13. The second-order valence-corrected chi connectivity index (χ2v) is 2.80. The van der Waals surface area contributed by atoms with Gasteiger partial charge >= 0.3 is 0 Å². The van der Waals surface area contributed by atoms with Crippen LogP contribution in [0.3, 0.4) is 0 Å². The van der Waals surface area contributed by atoms with E-state index in [-0.39, 0.29) is 12.1 Å². The van der Waals surface area contributed by atoms with Gasteiger partial charge in [0.25, 0.3) is 0 Å². The fourth-order valence-electron chi connectivity index (χ4n) is 0.434. The summed E-state index contributed by atoms with van der Waals surface area (Å²) in [6.07, 6.45) is -0.310. The van der Waals surface area contributed by atoms with E-state index in [1.165, 1.54) is 6.92 Å². The second kappa shape index (κ2) is 1.78. The van der Waals surface area contributed by atoms with Gasteiger partial charge in [-0.1, -0.05) is 0 Å². The zero-order chi connectivity index (χ0) is 7.07. The molecule has 1 fully saturated rings. The lowest BCUT2D eigenvalue weighted by molar-refractivity contribution is -0.126. The molecule has 0 bridgehead atoms. The van der Waals surface area contributed by atoms with Crippen molar-refractivity contribution >= 4 is 5.78 Å². The van der Waals surface area contributed by atoms with Crippen molar-refractivity contribution in [2.45, 2.75) is 27.1 Å². The smallest absolute Gasteiger partial charge is 0.236 e. The minimum atomic E-state index is -0.472. The van der Waals surface area contributed by atoms with Gasteiger partial charge in [-0.15, -0.1) is 0 Å². The summed E-state index contributed by atoms with van der Waals surface area (Å²) < 4.78 is 0. The van der Waals surface area contributed by atoms with Crippen molar-refractivity contribution in [3.8, 4) is 0 Å². The highest BCUT2D eigenvalue weighted by molar-refractivity contribution is 5.82. The van der Waals surface area contributed by atoms with Crippen LogP contribution in [0.1, 0.15) is 20.8 Å². The highest BCUT2D eigenvalue weighted by Crippen LogP contribution is 2.33. The maximum absolute atomic E-state index is 10.8. The standard InChI is InChI=1S/C6H10O3/c1-4(7)6(2,3)5-8-9-5/h5H,1-3H3. The van der Waals surface area contributed by atoms with Crippen LogP contribution in [0.15, 0.2) is 0 Å². The third-order valence-corrected chi connectivity index (χ3v) is 1.69. The van der Waals surface area contributed by atoms with E-state index in [9.17, 15) is 4.79 Å². The summed E-state index contributed by atoms with van der Waals surface area (Å²) in [4.78, 5) is 19.8. The van der Waals surface area contributed by atoms with Gasteiger partial charge in [0.15, 0.2) is 0 Å². The van der Waals surface area contributed by atoms with Crippen molar-refractivity contribution in [1.82, 2.24) is 0 Å². The molecule has 0 atom stereocenters. The van der Waals surface area contributed by atoms with Gasteiger partial charge in [0, 0.05) is 0 Å². The maximum Gasteiger partial charge on any atom is 0.236 e. The van der Waals surface area contributed by atoms with Crippen LogP contribution in [0.4, 0.5) is 0 Å². The van der Waals surface area contributed by atoms with Crippen molar-refractivity contribution in [3.63, 3.8) is 0 Å². The Bertz CT molecular complexity index is 135. The highest BCUT2D eigenvalue weighted by atomic mass is 17.4. The zero-order valence-corrected chi connectivity index (χ0v) is 5.80. The van der Waals surface area contributed by atoms with E-state index in [4.69, 9.17) is 0 Å². The first kappa shape index (κ1) is 6.71. The SMILES string of the molecule is CC(=O)C(C)(C)C1OO1. The Morgan fingerprint density at radius 2 is 1.89 bits per heavy atom. The summed E-state index contributed by atoms with van der Waals surface area (Å²) in [5, 5.41) is 0. The molecule has 0 spiro atoms. The molecule has 52 valence electrons. The number of carbonyl (C=O) groups excluding carboxylic acids is 1. The monoisotopic (exact) mass is 130 g/mol. The van der Waals surface area contributed by atoms with E-state index in [1.54, 1.807) is 13.8 Å². The average Bonchev–Trinajstić information content (AvgIpc) is 2.42. The van der Waals surface area contributed by atoms with Gasteiger partial charge in [-0.3, -0.25) is 4.79 Å². The van der Waals surface area contributed by atoms with Gasteiger partial charge in [0.1, 0.15) is 5.78 Å². The lowest BCUT2D eigenvalue weighted by Gasteiger charge is -2.13. The maximum atomic E-state index is 10.8. The number of Topliss-reactive ketones (excluding diaryl/α,β-unsaturated/α-hetero) is 1. The number of hydrogen-bond acceptors (Lipinski definition) is 3. The van der Waals surface area contributed by atoms with Gasteiger partial charge < -0.3 is 0 Å². The molecule has 0 N–H and O–H groups in total. The van der Waals surface area contributed by atoms with Gasteiger partial charge in [0.05, 0.1) is 5.41 Å². The average molecular weight is 130 g/mol. The minimum Gasteiger partial charge on any atom is -0.299 e. The summed E-state index contributed by atoms with van der Waals surface area (Å²) in [5.41, 5.74) is -0.472. The van der Waals surface area contributed by atoms with E-state index < -0.39 is 5.41 Å². The molecule has 1 aliphatic heterocycles. The Morgan fingerprint density at radius 3 is 2.00 bits per heavy atom. The molecule has 0 aromatic heterocycles. The van der Waals surface area contributed by atoms with E-state index in [1.807, 2.05) is 0 Å². The van der Waals surface area contributed by atoms with Crippen LogP contribution in [0, 0.1) is 5.41 Å². The molecular weight excluding hydrogens is 120 g/mol. The molecule has 0 radical (unpaired) electrons. The first-order valence-electron chi connectivity index (χ1n) is 2.88. The van der Waals surface area contributed by atoms with Crippen LogP contribution in [0.25, 0.3) is 0 Å². The van der Waals surface area contributed by atoms with E-state index in [0.717, 1.165) is 0 Å². The molecule has 1 heterocycles. The lowest BCUT2D eigenvalue weighted by Crippen LogP contribution is -2.27. The van der Waals surface area contributed by atoms with Gasteiger partial charge in [-0.2, -0.15) is 9.78 Å². The van der Waals surface area contributed by atoms with Crippen molar-refractivity contribution in [1.29, 1.82) is 0 Å². The number of carbonyl (C=O) groups is 1. The van der Waals surface area contributed by atoms with Crippen LogP contribution in [-0.2, 0) is 14.6 Å². The number of rotatable bonds is 2. The van der Waals surface area contributed by atoms with E-state index in [2.05, 4.69) is 9.78 Å². The summed E-state index contributed by atoms with van der Waals surface area (Å²) in [7, 11) is 0. The van der Waals surface area contributed by atoms with E-state index >= 15 is 0 Å². The van der Waals surface area contributed by atoms with Crippen LogP contribution < -0.4 is 0 Å². The molecule has 0 saturated carbocycles. The second-order valence-electron chi connectivity index (χ2n) is 2.80. The van der Waals surface area contributed by atoms with Crippen molar-refractivity contribution in [3.05, 3.63) is 0 Å². The molecule has 0 amide bonds. The van der Waals surface area contributed by atoms with Crippen molar-refractivity contribution in [2.24, 2.45) is 5.41 Å². The zero-order valence-electron chi connectivity index (χ0n) is 5.80. The summed E-state index contributed by atoms with van der Waals surface area (Å²) >= 11 is 0. The van der Waals surface area contributed by atoms with Crippen LogP contribution in [0.5, 0.6) is 0 Å². The normalized spacial score (nSPS) is 19.9. The Labute approximate surface area is 53.9 Å². The first-order valence-corrected chi connectivity index (χ1v) is 2.88. The van der Waals surface area contributed by atoms with Gasteiger partial charge in [-0.25, -0.2) is 0 Å². The van der Waals surface area contributed by atoms with Gasteiger partial charge in [0.2, 0.25) is 6.29 Å². The summed E-state index contributed by atoms with van der Waals surface area (Å²) in [5.74, 6) is 0.0880. The van der Waals surface area contributed by atoms with Crippen LogP contribution in [-0.4, -0.2) is 12.1 Å². The molecule has 1 rings (SSSR count). The Morgan fingerprint density at radius 1 is 1.44 bits per heavy atom. The molecule has 0 aliphatic carbocycles. The Kier molecular flexibility index (Phi) is 1.33. The quantitative estimate of drug-likeness (QED) is 0.411. The first-order chi connectivity index (χ1) is 4.05. The predicted molar refractivity (Wildman–Crippen MR) is 30.4 cm³/mol.